The van der Waals surface area contributed by atoms with Gasteiger partial charge in [0.2, 0.25) is 5.82 Å². The van der Waals surface area contributed by atoms with Gasteiger partial charge in [-0.25, -0.2) is 0 Å². The number of halogens is 1. The van der Waals surface area contributed by atoms with Crippen LogP contribution in [0, 0.1) is 22.9 Å². The van der Waals surface area contributed by atoms with E-state index in [4.69, 9.17) is 0 Å². The van der Waals surface area contributed by atoms with Crippen LogP contribution in [0.2, 0.25) is 0 Å². The molecule has 0 aliphatic heterocycles. The zero-order valence-electron chi connectivity index (χ0n) is 11.0. The number of nitrogens with zero attached hydrogens (tertiary/aromatic N) is 3. The molecule has 108 valence electrons. The van der Waals surface area contributed by atoms with Gasteiger partial charge >= 0.3 is 5.69 Å². The molecule has 0 fully saturated rings. The van der Waals surface area contributed by atoms with E-state index in [-0.39, 0.29) is 12.1 Å². The van der Waals surface area contributed by atoms with Gasteiger partial charge in [0.1, 0.15) is 0 Å². The van der Waals surface area contributed by atoms with Gasteiger partial charge < -0.3 is 5.32 Å². The maximum atomic E-state index is 13.2. The van der Waals surface area contributed by atoms with Crippen LogP contribution < -0.4 is 5.32 Å². The molecule has 1 N–H and O–H groups in total. The number of hydrogen-bond acceptors (Lipinski definition) is 5. The smallest absolute Gasteiger partial charge is 0.305 e. The van der Waals surface area contributed by atoms with Crippen molar-refractivity contribution in [2.24, 2.45) is 0 Å². The molecule has 0 unspecified atom stereocenters. The quantitative estimate of drug-likeness (QED) is 0.683. The molecule has 2 rings (SSSR count). The van der Waals surface area contributed by atoms with Gasteiger partial charge in [-0.1, -0.05) is 0 Å². The zero-order chi connectivity index (χ0) is 15.4. The van der Waals surface area contributed by atoms with Gasteiger partial charge in [-0.3, -0.25) is 24.9 Å². The highest BCUT2D eigenvalue weighted by Gasteiger charge is 2.17. The predicted molar refractivity (Wildman–Crippen MR) is 71.0 cm³/mol. The Kier molecular flexibility index (Phi) is 4.17. The van der Waals surface area contributed by atoms with Crippen LogP contribution in [-0.2, 0) is 6.54 Å². The number of carbonyl (C=O) groups excluding carboxylic acids is 1. The minimum atomic E-state index is -0.985. The average molecular weight is 290 g/mol. The SMILES string of the molecule is Cc1cnc(CNC(=O)c2ccc(F)c([N+](=O)[O-])c2)cn1. The van der Waals surface area contributed by atoms with Crippen LogP contribution in [-0.4, -0.2) is 20.8 Å². The second kappa shape index (κ2) is 6.04. The second-order valence-corrected chi connectivity index (χ2v) is 4.26. The van der Waals surface area contributed by atoms with Crippen molar-refractivity contribution in [3.8, 4) is 0 Å². The summed E-state index contributed by atoms with van der Waals surface area (Å²) in [4.78, 5) is 29.7. The van der Waals surface area contributed by atoms with Crippen molar-refractivity contribution in [3.05, 3.63) is 63.5 Å². The third-order valence-electron chi connectivity index (χ3n) is 2.67. The van der Waals surface area contributed by atoms with Crippen LogP contribution in [0.25, 0.3) is 0 Å². The fraction of sp³-hybridized carbons (Fsp3) is 0.154. The van der Waals surface area contributed by atoms with Crippen molar-refractivity contribution in [3.63, 3.8) is 0 Å². The normalized spacial score (nSPS) is 10.2. The van der Waals surface area contributed by atoms with Crippen molar-refractivity contribution in [2.75, 3.05) is 0 Å². The highest BCUT2D eigenvalue weighted by molar-refractivity contribution is 5.94. The van der Waals surface area contributed by atoms with Crippen LogP contribution in [0.3, 0.4) is 0 Å². The number of amides is 1. The largest absolute Gasteiger partial charge is 0.346 e. The van der Waals surface area contributed by atoms with Gasteiger partial charge in [0, 0.05) is 17.8 Å². The zero-order valence-corrected chi connectivity index (χ0v) is 11.0. The van der Waals surface area contributed by atoms with E-state index < -0.39 is 22.3 Å². The molecule has 0 radical (unpaired) electrons. The van der Waals surface area contributed by atoms with E-state index in [9.17, 15) is 19.3 Å². The Balaban J connectivity index is 2.08. The van der Waals surface area contributed by atoms with Crippen LogP contribution in [0.4, 0.5) is 10.1 Å². The molecule has 21 heavy (non-hydrogen) atoms. The van der Waals surface area contributed by atoms with E-state index in [1.165, 1.54) is 12.3 Å². The van der Waals surface area contributed by atoms with E-state index in [0.29, 0.717) is 5.69 Å². The van der Waals surface area contributed by atoms with Gasteiger partial charge in [-0.15, -0.1) is 0 Å². The van der Waals surface area contributed by atoms with Crippen molar-refractivity contribution >= 4 is 11.6 Å². The van der Waals surface area contributed by atoms with Gasteiger partial charge in [0.15, 0.2) is 0 Å². The van der Waals surface area contributed by atoms with Crippen LogP contribution in [0.1, 0.15) is 21.7 Å². The molecule has 0 aliphatic rings. The third-order valence-corrected chi connectivity index (χ3v) is 2.67. The molecule has 1 heterocycles. The Bertz CT molecular complexity index is 688. The molecule has 1 aromatic carbocycles. The first-order chi connectivity index (χ1) is 9.97. The van der Waals surface area contributed by atoms with Crippen LogP contribution >= 0.6 is 0 Å². The van der Waals surface area contributed by atoms with Crippen molar-refractivity contribution in [1.29, 1.82) is 0 Å². The summed E-state index contributed by atoms with van der Waals surface area (Å²) in [6.07, 6.45) is 3.08. The summed E-state index contributed by atoms with van der Waals surface area (Å²) in [6, 6.07) is 2.96. The lowest BCUT2D eigenvalue weighted by Crippen LogP contribution is -2.23. The summed E-state index contributed by atoms with van der Waals surface area (Å²) < 4.78 is 13.2. The van der Waals surface area contributed by atoms with Crippen molar-refractivity contribution in [1.82, 2.24) is 15.3 Å². The lowest BCUT2D eigenvalue weighted by molar-refractivity contribution is -0.387. The lowest BCUT2D eigenvalue weighted by Gasteiger charge is -2.05. The summed E-state index contributed by atoms with van der Waals surface area (Å²) in [5, 5.41) is 13.2. The van der Waals surface area contributed by atoms with Gasteiger partial charge in [0.05, 0.1) is 29.1 Å². The Morgan fingerprint density at radius 1 is 1.38 bits per heavy atom. The van der Waals surface area contributed by atoms with Gasteiger partial charge in [0.25, 0.3) is 5.91 Å². The van der Waals surface area contributed by atoms with E-state index in [1.54, 1.807) is 13.1 Å². The number of benzene rings is 1. The molecule has 7 nitrogen and oxygen atoms in total. The topological polar surface area (TPSA) is 98.0 Å². The lowest BCUT2D eigenvalue weighted by atomic mass is 10.2. The van der Waals surface area contributed by atoms with Gasteiger partial charge in [-0.2, -0.15) is 4.39 Å². The number of rotatable bonds is 4. The molecule has 0 spiro atoms. The summed E-state index contributed by atoms with van der Waals surface area (Å²) in [5.41, 5.74) is 0.561. The number of aryl methyl sites for hydroxylation is 1. The molecular formula is C13H11FN4O3. The third kappa shape index (κ3) is 3.56. The highest BCUT2D eigenvalue weighted by atomic mass is 19.1. The number of carbonyl (C=O) groups is 1. The Labute approximate surface area is 119 Å². The number of nitrogens with one attached hydrogen (secondary N) is 1. The number of nitro benzene ring substituents is 1. The maximum Gasteiger partial charge on any atom is 0.305 e. The molecule has 0 saturated carbocycles. The molecule has 0 atom stereocenters. The van der Waals surface area contributed by atoms with Crippen LogP contribution in [0.5, 0.6) is 0 Å². The van der Waals surface area contributed by atoms with Gasteiger partial charge in [-0.05, 0) is 19.1 Å². The Hall–Kier alpha value is -2.90. The standard InChI is InChI=1S/C13H11FN4O3/c1-8-5-16-10(6-15-8)7-17-13(19)9-2-3-11(14)12(4-9)18(20)21/h2-6H,7H2,1H3,(H,17,19). The molecule has 0 bridgehead atoms. The molecule has 8 heteroatoms. The average Bonchev–Trinajstić information content (AvgIpc) is 2.46. The fourth-order valence-electron chi connectivity index (χ4n) is 1.58. The fourth-order valence-corrected chi connectivity index (χ4v) is 1.58. The summed E-state index contributed by atoms with van der Waals surface area (Å²) in [7, 11) is 0. The molecule has 0 saturated heterocycles. The second-order valence-electron chi connectivity index (χ2n) is 4.26. The summed E-state index contributed by atoms with van der Waals surface area (Å²) >= 11 is 0. The molecule has 2 aromatic rings. The first kappa shape index (κ1) is 14.5. The molecule has 1 amide bonds. The predicted octanol–water partition coefficient (Wildman–Crippen LogP) is 1.76. The van der Waals surface area contributed by atoms with E-state index in [0.717, 1.165) is 17.8 Å². The summed E-state index contributed by atoms with van der Waals surface area (Å²) in [5.74, 6) is -1.54. The summed E-state index contributed by atoms with van der Waals surface area (Å²) in [6.45, 7) is 1.91. The Morgan fingerprint density at radius 3 is 2.76 bits per heavy atom. The Morgan fingerprint density at radius 2 is 2.14 bits per heavy atom. The number of aromatic nitrogens is 2. The van der Waals surface area contributed by atoms with E-state index in [1.807, 2.05) is 0 Å². The minimum Gasteiger partial charge on any atom is -0.346 e. The maximum absolute atomic E-state index is 13.2. The first-order valence-corrected chi connectivity index (χ1v) is 5.97. The van der Waals surface area contributed by atoms with E-state index >= 15 is 0 Å². The molecule has 0 aliphatic carbocycles. The van der Waals surface area contributed by atoms with E-state index in [2.05, 4.69) is 15.3 Å². The van der Waals surface area contributed by atoms with Crippen molar-refractivity contribution in [2.45, 2.75) is 13.5 Å². The first-order valence-electron chi connectivity index (χ1n) is 5.97. The highest BCUT2D eigenvalue weighted by Crippen LogP contribution is 2.18. The molecular weight excluding hydrogens is 279 g/mol. The molecule has 1 aromatic heterocycles. The number of nitro groups is 1. The number of hydrogen-bond donors (Lipinski definition) is 1. The van der Waals surface area contributed by atoms with Crippen LogP contribution in [0.15, 0.2) is 30.6 Å². The minimum absolute atomic E-state index is 0.00294. The monoisotopic (exact) mass is 290 g/mol. The van der Waals surface area contributed by atoms with Crippen molar-refractivity contribution < 1.29 is 14.1 Å².